The van der Waals surface area contributed by atoms with Crippen molar-refractivity contribution in [1.82, 2.24) is 4.57 Å². The molecule has 0 aliphatic rings. The molecule has 0 fully saturated rings. The van der Waals surface area contributed by atoms with E-state index in [0.29, 0.717) is 6.42 Å². The number of benzene rings is 2. The Kier molecular flexibility index (Phi) is 4.38. The largest absolute Gasteiger partial charge is 0.343 e. The van der Waals surface area contributed by atoms with Crippen LogP contribution in [0.5, 0.6) is 0 Å². The number of aromatic nitrogens is 1. The van der Waals surface area contributed by atoms with E-state index >= 15 is 0 Å². The Labute approximate surface area is 131 Å². The SMILES string of the molecule is Cc1ccccc1Cn1cc(CCCC=O)c2ccccc21. The minimum absolute atomic E-state index is 0.636. The van der Waals surface area contributed by atoms with Crippen molar-refractivity contribution in [2.75, 3.05) is 0 Å². The lowest BCUT2D eigenvalue weighted by molar-refractivity contribution is -0.107. The van der Waals surface area contributed by atoms with Crippen molar-refractivity contribution in [3.8, 4) is 0 Å². The number of rotatable bonds is 6. The predicted octanol–water partition coefficient (Wildman–Crippen LogP) is 4.52. The minimum atomic E-state index is 0.636. The predicted molar refractivity (Wildman–Crippen MR) is 91.2 cm³/mol. The fraction of sp³-hybridized carbons (Fsp3) is 0.250. The van der Waals surface area contributed by atoms with Crippen LogP contribution < -0.4 is 0 Å². The van der Waals surface area contributed by atoms with Crippen LogP contribution in [0.25, 0.3) is 10.9 Å². The summed E-state index contributed by atoms with van der Waals surface area (Å²) in [6.07, 6.45) is 5.77. The first-order valence-corrected chi connectivity index (χ1v) is 7.84. The number of carbonyl (C=O) groups is 1. The lowest BCUT2D eigenvalue weighted by atomic mass is 10.1. The van der Waals surface area contributed by atoms with Crippen LogP contribution in [0.3, 0.4) is 0 Å². The first-order chi connectivity index (χ1) is 10.8. The number of hydrogen-bond donors (Lipinski definition) is 0. The second-order valence-corrected chi connectivity index (χ2v) is 5.78. The van der Waals surface area contributed by atoms with E-state index in [9.17, 15) is 4.79 Å². The maximum Gasteiger partial charge on any atom is 0.120 e. The third-order valence-electron chi connectivity index (χ3n) is 4.24. The Hall–Kier alpha value is -2.35. The van der Waals surface area contributed by atoms with Gasteiger partial charge in [0.15, 0.2) is 0 Å². The fourth-order valence-electron chi connectivity index (χ4n) is 3.00. The first kappa shape index (κ1) is 14.6. The Morgan fingerprint density at radius 3 is 2.59 bits per heavy atom. The van der Waals surface area contributed by atoms with E-state index < -0.39 is 0 Å². The number of unbranched alkanes of at least 4 members (excludes halogenated alkanes) is 1. The van der Waals surface area contributed by atoms with E-state index in [1.54, 1.807) is 0 Å². The van der Waals surface area contributed by atoms with Crippen LogP contribution in [0, 0.1) is 6.92 Å². The van der Waals surface area contributed by atoms with Crippen molar-refractivity contribution in [2.24, 2.45) is 0 Å². The lowest BCUT2D eigenvalue weighted by Crippen LogP contribution is -1.99. The van der Waals surface area contributed by atoms with Gasteiger partial charge in [0.25, 0.3) is 0 Å². The van der Waals surface area contributed by atoms with Crippen molar-refractivity contribution >= 4 is 17.2 Å². The van der Waals surface area contributed by atoms with Crippen LogP contribution in [0.4, 0.5) is 0 Å². The van der Waals surface area contributed by atoms with Gasteiger partial charge in [-0.2, -0.15) is 0 Å². The summed E-state index contributed by atoms with van der Waals surface area (Å²) in [6.45, 7) is 3.05. The van der Waals surface area contributed by atoms with E-state index in [1.807, 2.05) is 0 Å². The molecule has 112 valence electrons. The average molecular weight is 291 g/mol. The second-order valence-electron chi connectivity index (χ2n) is 5.78. The Balaban J connectivity index is 1.95. The molecule has 2 aromatic carbocycles. The van der Waals surface area contributed by atoms with Crippen molar-refractivity contribution in [3.05, 3.63) is 71.4 Å². The Bertz CT molecular complexity index is 785. The van der Waals surface area contributed by atoms with Gasteiger partial charge in [0.05, 0.1) is 0 Å². The molecule has 0 spiro atoms. The van der Waals surface area contributed by atoms with Gasteiger partial charge in [-0.05, 0) is 42.5 Å². The van der Waals surface area contributed by atoms with Crippen molar-refractivity contribution < 1.29 is 4.79 Å². The molecule has 0 N–H and O–H groups in total. The van der Waals surface area contributed by atoms with Crippen LogP contribution in [0.2, 0.25) is 0 Å². The van der Waals surface area contributed by atoms with E-state index in [1.165, 1.54) is 27.6 Å². The molecule has 2 nitrogen and oxygen atoms in total. The molecule has 2 heteroatoms. The molecule has 1 aromatic heterocycles. The molecule has 1 heterocycles. The highest BCUT2D eigenvalue weighted by Gasteiger charge is 2.09. The summed E-state index contributed by atoms with van der Waals surface area (Å²) < 4.78 is 2.33. The maximum atomic E-state index is 10.5. The number of aldehydes is 1. The van der Waals surface area contributed by atoms with Crippen LogP contribution >= 0.6 is 0 Å². The monoisotopic (exact) mass is 291 g/mol. The summed E-state index contributed by atoms with van der Waals surface area (Å²) in [5.74, 6) is 0. The van der Waals surface area contributed by atoms with E-state index in [4.69, 9.17) is 0 Å². The number of hydrogen-bond acceptors (Lipinski definition) is 1. The van der Waals surface area contributed by atoms with Gasteiger partial charge in [-0.3, -0.25) is 0 Å². The standard InChI is InChI=1S/C20H21NO/c1-16-8-2-3-9-17(16)14-21-15-18(10-6-7-13-22)19-11-4-5-12-20(19)21/h2-5,8-9,11-13,15H,6-7,10,14H2,1H3. The average Bonchev–Trinajstić information content (AvgIpc) is 2.88. The van der Waals surface area contributed by atoms with Crippen LogP contribution in [0.1, 0.15) is 29.5 Å². The molecule has 0 bridgehead atoms. The quantitative estimate of drug-likeness (QED) is 0.483. The smallest absolute Gasteiger partial charge is 0.120 e. The summed E-state index contributed by atoms with van der Waals surface area (Å²) in [7, 11) is 0. The molecule has 0 amide bonds. The van der Waals surface area contributed by atoms with E-state index in [0.717, 1.165) is 25.7 Å². The normalized spacial score (nSPS) is 11.0. The topological polar surface area (TPSA) is 22.0 Å². The van der Waals surface area contributed by atoms with Gasteiger partial charge in [-0.15, -0.1) is 0 Å². The van der Waals surface area contributed by atoms with Crippen molar-refractivity contribution in [2.45, 2.75) is 32.7 Å². The van der Waals surface area contributed by atoms with Crippen molar-refractivity contribution in [1.29, 1.82) is 0 Å². The summed E-state index contributed by atoms with van der Waals surface area (Å²) >= 11 is 0. The zero-order chi connectivity index (χ0) is 15.4. The van der Waals surface area contributed by atoms with Gasteiger partial charge in [-0.25, -0.2) is 0 Å². The summed E-state index contributed by atoms with van der Waals surface area (Å²) in [5.41, 5.74) is 5.28. The van der Waals surface area contributed by atoms with E-state index in [-0.39, 0.29) is 0 Å². The molecule has 0 saturated heterocycles. The van der Waals surface area contributed by atoms with E-state index in [2.05, 4.69) is 66.2 Å². The first-order valence-electron chi connectivity index (χ1n) is 7.84. The van der Waals surface area contributed by atoms with Crippen LogP contribution in [-0.2, 0) is 17.8 Å². The van der Waals surface area contributed by atoms with Crippen LogP contribution in [0.15, 0.2) is 54.7 Å². The Morgan fingerprint density at radius 2 is 1.77 bits per heavy atom. The summed E-state index contributed by atoms with van der Waals surface area (Å²) in [6, 6.07) is 17.1. The molecule has 0 aliphatic heterocycles. The molecule has 3 aromatic rings. The lowest BCUT2D eigenvalue weighted by Gasteiger charge is -2.08. The number of nitrogens with zero attached hydrogens (tertiary/aromatic N) is 1. The summed E-state index contributed by atoms with van der Waals surface area (Å²) in [4.78, 5) is 10.5. The van der Waals surface area contributed by atoms with Gasteiger partial charge in [-0.1, -0.05) is 42.5 Å². The highest BCUT2D eigenvalue weighted by Crippen LogP contribution is 2.24. The molecule has 0 aliphatic carbocycles. The fourth-order valence-corrected chi connectivity index (χ4v) is 3.00. The van der Waals surface area contributed by atoms with Crippen LogP contribution in [-0.4, -0.2) is 10.9 Å². The molecular formula is C20H21NO. The minimum Gasteiger partial charge on any atom is -0.343 e. The number of carbonyl (C=O) groups excluding carboxylic acids is 1. The number of fused-ring (bicyclic) bond motifs is 1. The highest BCUT2D eigenvalue weighted by atomic mass is 16.1. The maximum absolute atomic E-state index is 10.5. The number of para-hydroxylation sites is 1. The molecule has 0 atom stereocenters. The van der Waals surface area contributed by atoms with Gasteiger partial charge >= 0.3 is 0 Å². The highest BCUT2D eigenvalue weighted by molar-refractivity contribution is 5.84. The number of aryl methyl sites for hydroxylation is 2. The second kappa shape index (κ2) is 6.61. The molecular weight excluding hydrogens is 270 g/mol. The Morgan fingerprint density at radius 1 is 1.00 bits per heavy atom. The molecule has 0 unspecified atom stereocenters. The summed E-state index contributed by atoms with van der Waals surface area (Å²) in [5, 5.41) is 1.31. The zero-order valence-electron chi connectivity index (χ0n) is 13.0. The van der Waals surface area contributed by atoms with Gasteiger partial charge in [0.2, 0.25) is 0 Å². The molecule has 22 heavy (non-hydrogen) atoms. The zero-order valence-corrected chi connectivity index (χ0v) is 13.0. The molecule has 3 rings (SSSR count). The van der Waals surface area contributed by atoms with Crippen molar-refractivity contribution in [3.63, 3.8) is 0 Å². The van der Waals surface area contributed by atoms with Gasteiger partial charge in [0, 0.05) is 30.1 Å². The molecule has 0 radical (unpaired) electrons. The van der Waals surface area contributed by atoms with Gasteiger partial charge in [0.1, 0.15) is 6.29 Å². The third-order valence-corrected chi connectivity index (χ3v) is 4.24. The van der Waals surface area contributed by atoms with Gasteiger partial charge < -0.3 is 9.36 Å². The molecule has 0 saturated carbocycles. The third kappa shape index (κ3) is 2.96.